The quantitative estimate of drug-likeness (QED) is 0.820. The Bertz CT molecular complexity index is 323. The first-order valence-electron chi connectivity index (χ1n) is 8.02. The Balaban J connectivity index is 0.00000147. The van der Waals surface area contributed by atoms with Crippen molar-refractivity contribution in [2.75, 3.05) is 13.6 Å². The van der Waals surface area contributed by atoms with E-state index in [9.17, 15) is 4.79 Å². The third-order valence-electron chi connectivity index (χ3n) is 5.80. The molecule has 0 saturated heterocycles. The number of carbonyl (C=O) groups is 1. The maximum atomic E-state index is 12.2. The molecule has 0 aromatic rings. The van der Waals surface area contributed by atoms with Crippen LogP contribution < -0.4 is 10.6 Å². The van der Waals surface area contributed by atoms with Gasteiger partial charge in [-0.25, -0.2) is 0 Å². The molecule has 4 aliphatic carbocycles. The second-order valence-electron chi connectivity index (χ2n) is 7.59. The van der Waals surface area contributed by atoms with Crippen LogP contribution in [-0.2, 0) is 4.79 Å². The van der Waals surface area contributed by atoms with Crippen LogP contribution in [0.1, 0.15) is 51.9 Å². The molecular weight excluding hydrogens is 272 g/mol. The van der Waals surface area contributed by atoms with Crippen LogP contribution in [0.15, 0.2) is 0 Å². The van der Waals surface area contributed by atoms with E-state index in [-0.39, 0.29) is 18.3 Å². The number of rotatable bonds is 5. The average Bonchev–Trinajstić information content (AvgIpc) is 2.33. The minimum absolute atomic E-state index is 0. The van der Waals surface area contributed by atoms with Crippen LogP contribution in [0.2, 0.25) is 0 Å². The van der Waals surface area contributed by atoms with Crippen LogP contribution in [-0.4, -0.2) is 25.5 Å². The highest BCUT2D eigenvalue weighted by molar-refractivity contribution is 5.85. The van der Waals surface area contributed by atoms with E-state index < -0.39 is 0 Å². The molecule has 1 amide bonds. The summed E-state index contributed by atoms with van der Waals surface area (Å²) < 4.78 is 0. The summed E-state index contributed by atoms with van der Waals surface area (Å²) >= 11 is 0. The van der Waals surface area contributed by atoms with E-state index in [1.807, 2.05) is 7.05 Å². The van der Waals surface area contributed by atoms with Crippen LogP contribution in [0.3, 0.4) is 0 Å². The molecule has 0 radical (unpaired) electrons. The molecule has 4 bridgehead atoms. The highest BCUT2D eigenvalue weighted by Gasteiger charge is 2.51. The highest BCUT2D eigenvalue weighted by atomic mass is 35.5. The summed E-state index contributed by atoms with van der Waals surface area (Å²) in [4.78, 5) is 12.2. The van der Waals surface area contributed by atoms with Gasteiger partial charge in [0.2, 0.25) is 5.91 Å². The molecule has 0 spiro atoms. The zero-order valence-corrected chi connectivity index (χ0v) is 13.6. The summed E-state index contributed by atoms with van der Waals surface area (Å²) in [6.07, 6.45) is 9.13. The van der Waals surface area contributed by atoms with Gasteiger partial charge >= 0.3 is 0 Å². The first-order valence-corrected chi connectivity index (χ1v) is 8.02. The largest absolute Gasteiger partial charge is 0.355 e. The van der Waals surface area contributed by atoms with Crippen molar-refractivity contribution in [3.63, 3.8) is 0 Å². The van der Waals surface area contributed by atoms with Crippen LogP contribution in [0.4, 0.5) is 0 Å². The second-order valence-corrected chi connectivity index (χ2v) is 7.59. The number of hydrogen-bond acceptors (Lipinski definition) is 2. The molecule has 2 N–H and O–H groups in total. The van der Waals surface area contributed by atoms with Gasteiger partial charge in [-0.15, -0.1) is 12.4 Å². The van der Waals surface area contributed by atoms with Crippen LogP contribution in [0, 0.1) is 23.2 Å². The maximum Gasteiger partial charge on any atom is 0.220 e. The smallest absolute Gasteiger partial charge is 0.220 e. The van der Waals surface area contributed by atoms with Gasteiger partial charge in [0.1, 0.15) is 0 Å². The van der Waals surface area contributed by atoms with E-state index in [0.29, 0.717) is 11.5 Å². The molecule has 4 heteroatoms. The van der Waals surface area contributed by atoms with Crippen LogP contribution in [0.5, 0.6) is 0 Å². The number of halogens is 1. The Hall–Kier alpha value is -0.280. The lowest BCUT2D eigenvalue weighted by Gasteiger charge is -2.56. The van der Waals surface area contributed by atoms with Gasteiger partial charge in [-0.2, -0.15) is 0 Å². The van der Waals surface area contributed by atoms with Crippen molar-refractivity contribution in [2.24, 2.45) is 23.2 Å². The van der Waals surface area contributed by atoms with Gasteiger partial charge < -0.3 is 10.6 Å². The van der Waals surface area contributed by atoms with Crippen molar-refractivity contribution in [1.82, 2.24) is 10.6 Å². The van der Waals surface area contributed by atoms with Gasteiger partial charge in [-0.3, -0.25) is 4.79 Å². The molecule has 4 rings (SSSR count). The van der Waals surface area contributed by atoms with Gasteiger partial charge in [0.05, 0.1) is 0 Å². The van der Waals surface area contributed by atoms with Crippen molar-refractivity contribution < 1.29 is 4.79 Å². The number of likely N-dealkylation sites (N-methyl/N-ethyl adjacent to an activating group) is 1. The van der Waals surface area contributed by atoms with Gasteiger partial charge in [0.15, 0.2) is 0 Å². The third-order valence-corrected chi connectivity index (χ3v) is 5.80. The van der Waals surface area contributed by atoms with Crippen LogP contribution >= 0.6 is 12.4 Å². The Morgan fingerprint density at radius 2 is 1.65 bits per heavy atom. The Morgan fingerprint density at radius 3 is 2.10 bits per heavy atom. The zero-order chi connectivity index (χ0) is 13.5. The standard InChI is InChI=1S/C16H28N2O.ClH/c1-11(17-2)10-18-15(19)9-16-6-12-3-13(7-16)5-14(4-12)8-16;/h11-14,17H,3-10H2,1-2H3,(H,18,19);1H. The monoisotopic (exact) mass is 300 g/mol. The molecule has 0 heterocycles. The molecule has 20 heavy (non-hydrogen) atoms. The normalized spacial score (nSPS) is 39.2. The van der Waals surface area contributed by atoms with Crippen molar-refractivity contribution in [3.05, 3.63) is 0 Å². The average molecular weight is 301 g/mol. The molecule has 1 atom stereocenters. The molecule has 3 nitrogen and oxygen atoms in total. The third kappa shape index (κ3) is 3.30. The summed E-state index contributed by atoms with van der Waals surface area (Å²) in [5.41, 5.74) is 0.377. The molecule has 1 unspecified atom stereocenters. The first-order chi connectivity index (χ1) is 9.08. The fraction of sp³-hybridized carbons (Fsp3) is 0.938. The number of hydrogen-bond donors (Lipinski definition) is 2. The maximum absolute atomic E-state index is 12.2. The summed E-state index contributed by atoms with van der Waals surface area (Å²) in [6, 6.07) is 0.361. The number of nitrogens with one attached hydrogen (secondary N) is 2. The predicted molar refractivity (Wildman–Crippen MR) is 84.0 cm³/mol. The zero-order valence-electron chi connectivity index (χ0n) is 12.8. The molecular formula is C16H29ClN2O. The Morgan fingerprint density at radius 1 is 1.15 bits per heavy atom. The first kappa shape index (κ1) is 16.1. The van der Waals surface area contributed by atoms with E-state index in [4.69, 9.17) is 0 Å². The van der Waals surface area contributed by atoms with Crippen molar-refractivity contribution >= 4 is 18.3 Å². The summed E-state index contributed by atoms with van der Waals surface area (Å²) in [6.45, 7) is 2.85. The molecule has 4 saturated carbocycles. The van der Waals surface area contributed by atoms with E-state index in [1.54, 1.807) is 0 Å². The van der Waals surface area contributed by atoms with Gasteiger partial charge in [0.25, 0.3) is 0 Å². The lowest BCUT2D eigenvalue weighted by atomic mass is 9.49. The highest BCUT2D eigenvalue weighted by Crippen LogP contribution is 2.61. The minimum Gasteiger partial charge on any atom is -0.355 e. The molecule has 4 aliphatic rings. The minimum atomic E-state index is 0. The Labute approximate surface area is 129 Å². The van der Waals surface area contributed by atoms with Gasteiger partial charge in [0, 0.05) is 19.0 Å². The second kappa shape index (κ2) is 6.23. The summed E-state index contributed by atoms with van der Waals surface area (Å²) in [7, 11) is 1.94. The van der Waals surface area contributed by atoms with Crippen molar-refractivity contribution in [2.45, 2.75) is 57.9 Å². The van der Waals surface area contributed by atoms with Crippen molar-refractivity contribution in [3.8, 4) is 0 Å². The number of amides is 1. The molecule has 0 aromatic carbocycles. The fourth-order valence-corrected chi connectivity index (χ4v) is 5.28. The molecule has 4 fully saturated rings. The summed E-state index contributed by atoms with van der Waals surface area (Å²) in [5, 5.41) is 6.27. The van der Waals surface area contributed by atoms with E-state index in [1.165, 1.54) is 38.5 Å². The SMILES string of the molecule is CNC(C)CNC(=O)CC12CC3CC(CC(C3)C1)C2.Cl. The van der Waals surface area contributed by atoms with Gasteiger partial charge in [-0.05, 0) is 75.7 Å². The molecule has 0 aromatic heterocycles. The van der Waals surface area contributed by atoms with E-state index >= 15 is 0 Å². The van der Waals surface area contributed by atoms with Crippen LogP contribution in [0.25, 0.3) is 0 Å². The van der Waals surface area contributed by atoms with E-state index in [2.05, 4.69) is 17.6 Å². The molecule has 0 aliphatic heterocycles. The fourth-order valence-electron chi connectivity index (χ4n) is 5.28. The topological polar surface area (TPSA) is 41.1 Å². The predicted octanol–water partition coefficient (Wildman–Crippen LogP) is 2.74. The van der Waals surface area contributed by atoms with E-state index in [0.717, 1.165) is 30.7 Å². The Kier molecular flexibility index (Phi) is 5.01. The molecule has 116 valence electrons. The number of carbonyl (C=O) groups excluding carboxylic acids is 1. The lowest BCUT2D eigenvalue weighted by molar-refractivity contribution is -0.129. The summed E-state index contributed by atoms with van der Waals surface area (Å²) in [5.74, 6) is 3.10. The van der Waals surface area contributed by atoms with Crippen molar-refractivity contribution in [1.29, 1.82) is 0 Å². The lowest BCUT2D eigenvalue weighted by Crippen LogP contribution is -2.48. The van der Waals surface area contributed by atoms with Gasteiger partial charge in [-0.1, -0.05) is 0 Å².